The van der Waals surface area contributed by atoms with Gasteiger partial charge in [-0.3, -0.25) is 18.8 Å². The highest BCUT2D eigenvalue weighted by atomic mass is 19.4. The van der Waals surface area contributed by atoms with Gasteiger partial charge in [0.1, 0.15) is 12.1 Å². The van der Waals surface area contributed by atoms with E-state index in [1.54, 1.807) is 29.1 Å². The summed E-state index contributed by atoms with van der Waals surface area (Å²) in [5.41, 5.74) is 10.0. The Morgan fingerprint density at radius 3 is 2.67 bits per heavy atom. The lowest BCUT2D eigenvalue weighted by Crippen LogP contribution is -2.33. The number of para-hydroxylation sites is 1. The molecular formula is C33H25F3N8O2. The van der Waals surface area contributed by atoms with E-state index in [1.165, 1.54) is 16.9 Å². The van der Waals surface area contributed by atoms with Gasteiger partial charge in [0.2, 0.25) is 0 Å². The number of amides is 1. The van der Waals surface area contributed by atoms with Crippen molar-refractivity contribution in [1.29, 1.82) is 0 Å². The molecule has 7 rings (SSSR count). The largest absolute Gasteiger partial charge is 0.408 e. The van der Waals surface area contributed by atoms with Gasteiger partial charge in [-0.25, -0.2) is 9.50 Å². The van der Waals surface area contributed by atoms with Crippen LogP contribution in [0.15, 0.2) is 78.1 Å². The number of rotatable bonds is 5. The number of aryl methyl sites for hydroxylation is 2. The third-order valence-electron chi connectivity index (χ3n) is 7.94. The van der Waals surface area contributed by atoms with Gasteiger partial charge in [-0.15, -0.1) is 5.10 Å². The number of aromatic nitrogens is 6. The van der Waals surface area contributed by atoms with Crippen LogP contribution in [0.2, 0.25) is 0 Å². The van der Waals surface area contributed by atoms with E-state index in [0.717, 1.165) is 21.2 Å². The summed E-state index contributed by atoms with van der Waals surface area (Å²) in [4.78, 5) is 32.4. The molecule has 0 spiro atoms. The zero-order valence-electron chi connectivity index (χ0n) is 24.3. The minimum absolute atomic E-state index is 0.0290. The lowest BCUT2D eigenvalue weighted by molar-refractivity contribution is -0.142. The van der Waals surface area contributed by atoms with Gasteiger partial charge in [0.25, 0.3) is 11.5 Å². The van der Waals surface area contributed by atoms with Crippen LogP contribution in [0.1, 0.15) is 51.3 Å². The number of nitrogens with two attached hydrogens (primary N) is 1. The highest BCUT2D eigenvalue weighted by molar-refractivity contribution is 6.04. The van der Waals surface area contributed by atoms with E-state index in [9.17, 15) is 22.8 Å². The average molecular weight is 623 g/mol. The monoisotopic (exact) mass is 622 g/mol. The maximum Gasteiger partial charge on any atom is 0.408 e. The van der Waals surface area contributed by atoms with Crippen molar-refractivity contribution in [3.63, 3.8) is 0 Å². The molecule has 1 aliphatic rings. The molecule has 0 unspecified atom stereocenters. The van der Waals surface area contributed by atoms with Crippen LogP contribution in [0.25, 0.3) is 22.1 Å². The van der Waals surface area contributed by atoms with Gasteiger partial charge in [-0.2, -0.15) is 18.3 Å². The summed E-state index contributed by atoms with van der Waals surface area (Å²) in [5.74, 6) is 5.42. The Hall–Kier alpha value is -5.90. The number of nitrogen functional groups attached to an aromatic ring is 1. The summed E-state index contributed by atoms with van der Waals surface area (Å²) in [6.45, 7) is 0.583. The number of carbonyl (C=O) groups is 1. The number of nitrogens with one attached hydrogen (secondary N) is 1. The molecule has 4 aromatic heterocycles. The number of nitrogens with zero attached hydrogens (tertiary/aromatic N) is 6. The first-order valence-corrected chi connectivity index (χ1v) is 14.4. The molecule has 6 aromatic rings. The normalized spacial score (nSPS) is 13.1. The number of pyridine rings is 1. The Labute approximate surface area is 259 Å². The molecule has 3 N–H and O–H groups in total. The maximum absolute atomic E-state index is 14.5. The molecule has 0 radical (unpaired) electrons. The first-order chi connectivity index (χ1) is 22.1. The second kappa shape index (κ2) is 10.9. The van der Waals surface area contributed by atoms with Gasteiger partial charge in [0.15, 0.2) is 11.5 Å². The van der Waals surface area contributed by atoms with Crippen molar-refractivity contribution < 1.29 is 18.0 Å². The molecule has 13 heteroatoms. The van der Waals surface area contributed by atoms with Crippen molar-refractivity contribution in [2.45, 2.75) is 38.5 Å². The van der Waals surface area contributed by atoms with Gasteiger partial charge in [0.05, 0.1) is 28.9 Å². The van der Waals surface area contributed by atoms with E-state index >= 15 is 0 Å². The zero-order chi connectivity index (χ0) is 32.2. The van der Waals surface area contributed by atoms with Crippen LogP contribution >= 0.6 is 0 Å². The number of carbonyl (C=O) groups excluding carboxylic acids is 1. The van der Waals surface area contributed by atoms with Crippen LogP contribution < -0.4 is 16.6 Å². The fourth-order valence-corrected chi connectivity index (χ4v) is 6.11. The number of anilines is 1. The topological polar surface area (TPSA) is 125 Å². The van der Waals surface area contributed by atoms with Crippen molar-refractivity contribution >= 4 is 28.1 Å². The van der Waals surface area contributed by atoms with E-state index in [4.69, 9.17) is 5.73 Å². The van der Waals surface area contributed by atoms with Crippen LogP contribution in [0.5, 0.6) is 0 Å². The Balaban J connectivity index is 1.36. The maximum atomic E-state index is 14.5. The van der Waals surface area contributed by atoms with Crippen LogP contribution in [0, 0.1) is 11.8 Å². The van der Waals surface area contributed by atoms with Gasteiger partial charge in [-0.1, -0.05) is 36.1 Å². The average Bonchev–Trinajstić information content (AvgIpc) is 3.74. The Morgan fingerprint density at radius 2 is 1.89 bits per heavy atom. The lowest BCUT2D eigenvalue weighted by Gasteiger charge is -2.24. The van der Waals surface area contributed by atoms with Gasteiger partial charge >= 0.3 is 6.18 Å². The molecule has 0 fully saturated rings. The van der Waals surface area contributed by atoms with E-state index in [1.807, 2.05) is 43.3 Å². The van der Waals surface area contributed by atoms with Crippen LogP contribution in [-0.2, 0) is 19.4 Å². The summed E-state index contributed by atoms with van der Waals surface area (Å²) in [6.07, 6.45) is 2.56. The zero-order valence-corrected chi connectivity index (χ0v) is 24.3. The number of hydrogen-bond donors (Lipinski definition) is 2. The Morgan fingerprint density at radius 1 is 1.09 bits per heavy atom. The molecule has 46 heavy (non-hydrogen) atoms. The second-order valence-corrected chi connectivity index (χ2v) is 11.0. The van der Waals surface area contributed by atoms with E-state index in [-0.39, 0.29) is 22.5 Å². The summed E-state index contributed by atoms with van der Waals surface area (Å²) >= 11 is 0. The molecule has 0 aliphatic heterocycles. The lowest BCUT2D eigenvalue weighted by atomic mass is 9.97. The summed E-state index contributed by atoms with van der Waals surface area (Å²) in [7, 11) is 0. The fraction of sp³-hybridized carbons (Fsp3) is 0.182. The number of alkyl halides is 3. The number of hydrogen-bond acceptors (Lipinski definition) is 6. The predicted molar refractivity (Wildman–Crippen MR) is 164 cm³/mol. The van der Waals surface area contributed by atoms with Crippen molar-refractivity contribution in [2.75, 3.05) is 5.73 Å². The molecule has 1 atom stereocenters. The minimum atomic E-state index is -4.42. The van der Waals surface area contributed by atoms with Gasteiger partial charge in [0, 0.05) is 29.8 Å². The molecule has 0 saturated heterocycles. The van der Waals surface area contributed by atoms with Gasteiger partial charge < -0.3 is 11.1 Å². The molecule has 1 aliphatic carbocycles. The molecule has 0 saturated carbocycles. The molecule has 2 aromatic carbocycles. The van der Waals surface area contributed by atoms with Crippen molar-refractivity contribution in [1.82, 2.24) is 34.3 Å². The summed E-state index contributed by atoms with van der Waals surface area (Å²) < 4.78 is 42.3. The van der Waals surface area contributed by atoms with Crippen LogP contribution in [0.4, 0.5) is 19.0 Å². The number of halogens is 3. The predicted octanol–water partition coefficient (Wildman–Crippen LogP) is 4.36. The first kappa shape index (κ1) is 28.8. The Bertz CT molecular complexity index is 2290. The van der Waals surface area contributed by atoms with Crippen molar-refractivity contribution in [3.8, 4) is 17.5 Å². The van der Waals surface area contributed by atoms with E-state index in [2.05, 4.69) is 32.3 Å². The molecule has 1 amide bonds. The molecule has 230 valence electrons. The van der Waals surface area contributed by atoms with Crippen LogP contribution in [-0.4, -0.2) is 41.0 Å². The fourth-order valence-electron chi connectivity index (χ4n) is 6.11. The van der Waals surface area contributed by atoms with Crippen molar-refractivity contribution in [3.05, 3.63) is 117 Å². The van der Waals surface area contributed by atoms with Gasteiger partial charge in [-0.05, 0) is 60.5 Å². The Kier molecular flexibility index (Phi) is 6.85. The van der Waals surface area contributed by atoms with E-state index in [0.29, 0.717) is 40.8 Å². The molecule has 0 bridgehead atoms. The summed E-state index contributed by atoms with van der Waals surface area (Å²) in [5, 5.41) is 12.1. The molecular weight excluding hydrogens is 597 g/mol. The van der Waals surface area contributed by atoms with E-state index < -0.39 is 24.7 Å². The quantitative estimate of drug-likeness (QED) is 0.275. The SMILES string of the molecule is C[C@H](NC(=O)c1c(N)nn2cccnc12)c1c2c3c(ccc(C#Cc4cnn(CC(F)(F)F)c4)c3c(=O)n1-c1ccccc1)CC2. The third kappa shape index (κ3) is 5.03. The highest BCUT2D eigenvalue weighted by Crippen LogP contribution is 2.36. The van der Waals surface area contributed by atoms with Crippen molar-refractivity contribution in [2.24, 2.45) is 0 Å². The minimum Gasteiger partial charge on any atom is -0.381 e. The second-order valence-electron chi connectivity index (χ2n) is 11.0. The summed E-state index contributed by atoms with van der Waals surface area (Å²) in [6, 6.07) is 13.8. The molecule has 4 heterocycles. The number of fused-ring (bicyclic) bond motifs is 1. The number of benzene rings is 2. The standard InChI is InChI=1S/C33H25F3N8O2/c1-19(40-31(45)27-29(37)41-43-15-5-14-38-30(27)43)28-24-13-12-21-10-11-22(9-8-20-16-39-42(17-20)18-33(34,35)36)26(25(21)24)32(46)44(28)23-6-3-2-4-7-23/h2-7,10-11,14-17,19H,12-13,18H2,1H3,(H2,37,41)(H,40,45)/t19-/m0/s1. The third-order valence-corrected chi connectivity index (χ3v) is 7.94. The van der Waals surface area contributed by atoms with Crippen LogP contribution in [0.3, 0.4) is 0 Å². The first-order valence-electron chi connectivity index (χ1n) is 14.4. The smallest absolute Gasteiger partial charge is 0.381 e. The molecule has 10 nitrogen and oxygen atoms in total. The highest BCUT2D eigenvalue weighted by Gasteiger charge is 2.30.